The maximum Gasteiger partial charge on any atom is 0.245 e. The number of hydrogen-bond donors (Lipinski definition) is 3. The number of nitrogens with zero attached hydrogens (tertiary/aromatic N) is 4. The minimum Gasteiger partial charge on any atom is -0.396 e. The van der Waals surface area contributed by atoms with Crippen LogP contribution in [0.3, 0.4) is 0 Å². The van der Waals surface area contributed by atoms with Crippen LogP contribution in [0.5, 0.6) is 0 Å². The van der Waals surface area contributed by atoms with Crippen molar-refractivity contribution in [2.24, 2.45) is 11.8 Å². The number of alkyl halides is 1. The van der Waals surface area contributed by atoms with Gasteiger partial charge in [0.25, 0.3) is 0 Å². The fourth-order valence-corrected chi connectivity index (χ4v) is 9.86. The molecule has 3 amide bonds. The summed E-state index contributed by atoms with van der Waals surface area (Å²) in [4.78, 5) is 42.9. The lowest BCUT2D eigenvalue weighted by atomic mass is 9.70. The number of halogens is 1. The molecule has 1 spiro atoms. The van der Waals surface area contributed by atoms with Crippen molar-refractivity contribution in [3.63, 3.8) is 0 Å². The van der Waals surface area contributed by atoms with E-state index in [0.29, 0.717) is 18.5 Å². The minimum atomic E-state index is -0.772. The van der Waals surface area contributed by atoms with E-state index < -0.39 is 22.6 Å². The normalized spacial score (nSPS) is 29.6. The largest absolute Gasteiger partial charge is 0.396 e. The molecule has 3 saturated heterocycles. The number of fused-ring (bicyclic) bond motifs is 2. The molecule has 6 rings (SSSR count). The molecule has 2 aromatic carbocycles. The second-order valence-corrected chi connectivity index (χ2v) is 12.6. The van der Waals surface area contributed by atoms with E-state index in [1.807, 2.05) is 54.6 Å². The van der Waals surface area contributed by atoms with Crippen molar-refractivity contribution < 1.29 is 19.5 Å². The summed E-state index contributed by atoms with van der Waals surface area (Å²) in [5, 5.41) is 23.6. The Morgan fingerprint density at radius 1 is 1.13 bits per heavy atom. The standard InChI is InChI=1S/C26H27BrN6O4S/c27-16-13-26-20(19(21(16)38-26)23(35)29-15-7-2-1-3-8-15)25(37)32(11-6-12-34)22(26)24(36)28-14-33-18-10-5-4-9-17(18)30-31-33/h1-5,7-10,16,19-22,34H,6,11-14H2,(H,28,36)(H,29,35)/t16?,19-,20+,21-,22?,26?/m1/s1. The Balaban J connectivity index is 1.29. The van der Waals surface area contributed by atoms with Gasteiger partial charge in [0.05, 0.1) is 22.1 Å². The van der Waals surface area contributed by atoms with Gasteiger partial charge in [-0.25, -0.2) is 4.68 Å². The number of carbonyl (C=O) groups excluding carboxylic acids is 3. The number of aliphatic hydroxyl groups is 1. The minimum absolute atomic E-state index is 0.0181. The fourth-order valence-electron chi connectivity index (χ4n) is 6.24. The Morgan fingerprint density at radius 3 is 2.68 bits per heavy atom. The Bertz CT molecular complexity index is 1390. The van der Waals surface area contributed by atoms with Crippen LogP contribution in [0.1, 0.15) is 12.8 Å². The molecule has 2 bridgehead atoms. The van der Waals surface area contributed by atoms with Crippen LogP contribution in [-0.4, -0.2) is 76.7 Å². The first-order valence-electron chi connectivity index (χ1n) is 12.6. The molecule has 0 saturated carbocycles. The van der Waals surface area contributed by atoms with Crippen molar-refractivity contribution in [3.8, 4) is 0 Å². The van der Waals surface area contributed by atoms with E-state index in [0.717, 1.165) is 11.0 Å². The first-order chi connectivity index (χ1) is 18.4. The van der Waals surface area contributed by atoms with E-state index in [1.165, 1.54) is 0 Å². The van der Waals surface area contributed by atoms with Gasteiger partial charge >= 0.3 is 0 Å². The zero-order valence-electron chi connectivity index (χ0n) is 20.4. The highest BCUT2D eigenvalue weighted by Crippen LogP contribution is 2.67. The average Bonchev–Trinajstić information content (AvgIpc) is 3.64. The van der Waals surface area contributed by atoms with Gasteiger partial charge in [-0.1, -0.05) is 51.5 Å². The van der Waals surface area contributed by atoms with Gasteiger partial charge in [-0.2, -0.15) is 0 Å². The van der Waals surface area contributed by atoms with Gasteiger partial charge in [-0.05, 0) is 37.1 Å². The molecule has 6 atom stereocenters. The number of aromatic nitrogens is 3. The van der Waals surface area contributed by atoms with Crippen LogP contribution in [0.4, 0.5) is 5.69 Å². The van der Waals surface area contributed by atoms with E-state index in [9.17, 15) is 19.5 Å². The summed E-state index contributed by atoms with van der Waals surface area (Å²) in [6.45, 7) is 0.237. The number of likely N-dealkylation sites (tertiary alicyclic amines) is 1. The zero-order chi connectivity index (χ0) is 26.4. The summed E-state index contributed by atoms with van der Waals surface area (Å²) in [6.07, 6.45) is 0.937. The predicted octanol–water partition coefficient (Wildman–Crippen LogP) is 1.99. The van der Waals surface area contributed by atoms with Gasteiger partial charge in [0.15, 0.2) is 0 Å². The molecule has 0 aliphatic carbocycles. The summed E-state index contributed by atoms with van der Waals surface area (Å²) in [6, 6.07) is 15.9. The highest BCUT2D eigenvalue weighted by Gasteiger charge is 2.75. The topological polar surface area (TPSA) is 129 Å². The Kier molecular flexibility index (Phi) is 6.65. The van der Waals surface area contributed by atoms with Gasteiger partial charge in [0.2, 0.25) is 17.7 Å². The second kappa shape index (κ2) is 9.97. The average molecular weight is 600 g/mol. The quantitative estimate of drug-likeness (QED) is 0.338. The molecule has 198 valence electrons. The van der Waals surface area contributed by atoms with Crippen LogP contribution in [0.15, 0.2) is 54.6 Å². The molecule has 10 nitrogen and oxygen atoms in total. The van der Waals surface area contributed by atoms with Gasteiger partial charge in [0, 0.05) is 28.9 Å². The maximum absolute atomic E-state index is 13.9. The lowest BCUT2D eigenvalue weighted by Crippen LogP contribution is -2.54. The van der Waals surface area contributed by atoms with Gasteiger partial charge in [-0.3, -0.25) is 14.4 Å². The molecular formula is C26H27BrN6O4S. The van der Waals surface area contributed by atoms with Crippen molar-refractivity contribution in [2.75, 3.05) is 18.5 Å². The van der Waals surface area contributed by atoms with Crippen molar-refractivity contribution in [1.29, 1.82) is 0 Å². The highest BCUT2D eigenvalue weighted by molar-refractivity contribution is 9.09. The molecule has 3 N–H and O–H groups in total. The molecule has 12 heteroatoms. The number of amides is 3. The van der Waals surface area contributed by atoms with Gasteiger partial charge in [0.1, 0.15) is 18.2 Å². The predicted molar refractivity (Wildman–Crippen MR) is 146 cm³/mol. The molecule has 3 aliphatic rings. The van der Waals surface area contributed by atoms with E-state index in [4.69, 9.17) is 0 Å². The van der Waals surface area contributed by atoms with Gasteiger partial charge < -0.3 is 20.6 Å². The SMILES string of the molecule is O=C(NCn1nnc2ccccc21)C1N(CCCO)C(=O)[C@@H]2[C@@H](C(=O)Nc3ccccc3)[C@@H]3SC12CC3Br. The number of para-hydroxylation sites is 2. The fraction of sp³-hybridized carbons (Fsp3) is 0.423. The molecule has 1 aromatic heterocycles. The van der Waals surface area contributed by atoms with Crippen LogP contribution >= 0.6 is 27.7 Å². The van der Waals surface area contributed by atoms with Crippen LogP contribution < -0.4 is 10.6 Å². The number of nitrogens with one attached hydrogen (secondary N) is 2. The van der Waals surface area contributed by atoms with Crippen molar-refractivity contribution in [1.82, 2.24) is 25.2 Å². The number of carbonyl (C=O) groups is 3. The van der Waals surface area contributed by atoms with Crippen molar-refractivity contribution >= 4 is 62.1 Å². The third kappa shape index (κ3) is 4.00. The molecule has 3 unspecified atom stereocenters. The third-order valence-corrected chi connectivity index (χ3v) is 11.0. The number of anilines is 1. The Morgan fingerprint density at radius 2 is 1.89 bits per heavy atom. The summed E-state index contributed by atoms with van der Waals surface area (Å²) in [5.74, 6) is -1.92. The van der Waals surface area contributed by atoms with E-state index >= 15 is 0 Å². The molecular weight excluding hydrogens is 572 g/mol. The molecule has 3 fully saturated rings. The number of hydrogen-bond acceptors (Lipinski definition) is 7. The smallest absolute Gasteiger partial charge is 0.245 e. The first-order valence-corrected chi connectivity index (χ1v) is 14.4. The van der Waals surface area contributed by atoms with Crippen LogP contribution in [0.2, 0.25) is 0 Å². The lowest BCUT2D eigenvalue weighted by Gasteiger charge is -2.35. The first kappa shape index (κ1) is 25.3. The van der Waals surface area contributed by atoms with Gasteiger partial charge in [-0.15, -0.1) is 16.9 Å². The number of rotatable bonds is 8. The van der Waals surface area contributed by atoms with Crippen molar-refractivity contribution in [2.45, 2.75) is 40.4 Å². The molecule has 3 aromatic rings. The monoisotopic (exact) mass is 598 g/mol. The Hall–Kier alpha value is -2.96. The van der Waals surface area contributed by atoms with E-state index in [-0.39, 0.29) is 47.6 Å². The molecule has 38 heavy (non-hydrogen) atoms. The summed E-state index contributed by atoms with van der Waals surface area (Å²) < 4.78 is 0.860. The number of benzene rings is 2. The number of thioether (sulfide) groups is 1. The molecule has 4 heterocycles. The van der Waals surface area contributed by atoms with E-state index in [1.54, 1.807) is 21.3 Å². The second-order valence-electron chi connectivity index (χ2n) is 9.90. The molecule has 0 radical (unpaired) electrons. The van der Waals surface area contributed by atoms with Crippen LogP contribution in [-0.2, 0) is 21.1 Å². The van der Waals surface area contributed by atoms with Crippen LogP contribution in [0, 0.1) is 11.8 Å². The summed E-state index contributed by atoms with van der Waals surface area (Å²) in [7, 11) is 0. The Labute approximate surface area is 231 Å². The zero-order valence-corrected chi connectivity index (χ0v) is 22.8. The lowest BCUT2D eigenvalue weighted by molar-refractivity contribution is -0.139. The maximum atomic E-state index is 13.9. The highest BCUT2D eigenvalue weighted by atomic mass is 79.9. The van der Waals surface area contributed by atoms with E-state index in [2.05, 4.69) is 36.9 Å². The van der Waals surface area contributed by atoms with Crippen LogP contribution in [0.25, 0.3) is 11.0 Å². The number of aliphatic hydroxyl groups excluding tert-OH is 1. The summed E-state index contributed by atoms with van der Waals surface area (Å²) >= 11 is 5.34. The summed E-state index contributed by atoms with van der Waals surface area (Å²) in [5.41, 5.74) is 2.18. The third-order valence-electron chi connectivity index (χ3n) is 7.76. The van der Waals surface area contributed by atoms with Crippen molar-refractivity contribution in [3.05, 3.63) is 54.6 Å². The molecule has 3 aliphatic heterocycles.